The molecule has 0 aromatic carbocycles. The average molecular weight is 271 g/mol. The highest BCUT2D eigenvalue weighted by atomic mass is 79.9. The lowest BCUT2D eigenvalue weighted by Gasteiger charge is -2.10. The number of nitrogens with two attached hydrogens (primary N) is 1. The number of furan rings is 1. The molecule has 0 aliphatic carbocycles. The maximum absolute atomic E-state index is 5.49. The Morgan fingerprint density at radius 2 is 2.40 bits per heavy atom. The largest absolute Gasteiger partial charge is 0.466 e. The van der Waals surface area contributed by atoms with Crippen LogP contribution in [0.15, 0.2) is 33.5 Å². The van der Waals surface area contributed by atoms with Gasteiger partial charge in [0.2, 0.25) is 0 Å². The first kappa shape index (κ1) is 10.4. The number of halogens is 1. The highest BCUT2D eigenvalue weighted by molar-refractivity contribution is 9.10. The van der Waals surface area contributed by atoms with Gasteiger partial charge in [0.15, 0.2) is 0 Å². The summed E-state index contributed by atoms with van der Waals surface area (Å²) in [4.78, 5) is 0. The van der Waals surface area contributed by atoms with E-state index in [0.29, 0.717) is 0 Å². The molecule has 0 fully saturated rings. The van der Waals surface area contributed by atoms with E-state index in [1.807, 2.05) is 25.4 Å². The number of aryl methyl sites for hydroxylation is 1. The monoisotopic (exact) mass is 270 g/mol. The normalized spacial score (nSPS) is 13.0. The van der Waals surface area contributed by atoms with Crippen molar-refractivity contribution >= 4 is 15.9 Å². The molecule has 0 spiro atoms. The van der Waals surface area contributed by atoms with E-state index in [0.717, 1.165) is 15.9 Å². The summed E-state index contributed by atoms with van der Waals surface area (Å²) >= 11 is 3.39. The molecule has 2 heterocycles. The van der Waals surface area contributed by atoms with Crippen LogP contribution in [0.1, 0.15) is 17.5 Å². The molecule has 1 atom stereocenters. The molecule has 0 bridgehead atoms. The second kappa shape index (κ2) is 4.18. The van der Waals surface area contributed by atoms with Gasteiger partial charge in [0.25, 0.3) is 0 Å². The molecule has 0 aliphatic rings. The van der Waals surface area contributed by atoms with Gasteiger partial charge in [-0.2, -0.15) is 5.10 Å². The van der Waals surface area contributed by atoms with Crippen LogP contribution in [0, 0.1) is 0 Å². The van der Waals surface area contributed by atoms with E-state index in [9.17, 15) is 0 Å². The van der Waals surface area contributed by atoms with Crippen molar-refractivity contribution in [3.8, 4) is 0 Å². The number of rotatable bonds is 3. The van der Waals surface area contributed by atoms with Gasteiger partial charge in [0, 0.05) is 13.2 Å². The van der Waals surface area contributed by atoms with Gasteiger partial charge in [-0.3, -0.25) is 10.5 Å². The second-order valence-corrected chi connectivity index (χ2v) is 4.00. The van der Waals surface area contributed by atoms with E-state index < -0.39 is 0 Å². The summed E-state index contributed by atoms with van der Waals surface area (Å²) in [6, 6.07) is 3.47. The Bertz CT molecular complexity index is 450. The van der Waals surface area contributed by atoms with Crippen molar-refractivity contribution in [1.29, 1.82) is 0 Å². The summed E-state index contributed by atoms with van der Waals surface area (Å²) in [7, 11) is 1.86. The summed E-state index contributed by atoms with van der Waals surface area (Å²) < 4.78 is 7.93. The molecule has 0 aliphatic heterocycles. The zero-order chi connectivity index (χ0) is 10.8. The predicted molar refractivity (Wildman–Crippen MR) is 58.8 cm³/mol. The lowest BCUT2D eigenvalue weighted by atomic mass is 10.2. The first-order valence-electron chi connectivity index (χ1n) is 4.41. The van der Waals surface area contributed by atoms with Crippen LogP contribution >= 0.6 is 15.9 Å². The van der Waals surface area contributed by atoms with Gasteiger partial charge in [-0.15, -0.1) is 0 Å². The van der Waals surface area contributed by atoms with E-state index >= 15 is 0 Å². The summed E-state index contributed by atoms with van der Waals surface area (Å²) in [6.07, 6.45) is 3.46. The van der Waals surface area contributed by atoms with E-state index in [4.69, 9.17) is 10.3 Å². The van der Waals surface area contributed by atoms with E-state index in [-0.39, 0.29) is 6.04 Å². The van der Waals surface area contributed by atoms with Crippen molar-refractivity contribution in [2.45, 2.75) is 6.04 Å². The molecule has 0 saturated carbocycles. The summed E-state index contributed by atoms with van der Waals surface area (Å²) in [5, 5.41) is 4.27. The molecule has 80 valence electrons. The Kier molecular flexibility index (Phi) is 2.90. The fourth-order valence-electron chi connectivity index (χ4n) is 1.39. The molecule has 0 radical (unpaired) electrons. The molecular formula is C9H11BrN4O. The summed E-state index contributed by atoms with van der Waals surface area (Å²) in [5.74, 6) is 6.21. The molecule has 1 unspecified atom stereocenters. The molecule has 5 nitrogen and oxygen atoms in total. The fraction of sp³-hybridized carbons (Fsp3) is 0.222. The molecular weight excluding hydrogens is 260 g/mol. The lowest BCUT2D eigenvalue weighted by Crippen LogP contribution is -2.29. The Balaban J connectivity index is 2.36. The molecule has 3 N–H and O–H groups in total. The molecule has 2 aromatic heterocycles. The number of aromatic nitrogens is 2. The minimum Gasteiger partial charge on any atom is -0.466 e. The Morgan fingerprint density at radius 1 is 1.60 bits per heavy atom. The first-order chi connectivity index (χ1) is 7.22. The van der Waals surface area contributed by atoms with Gasteiger partial charge < -0.3 is 4.42 Å². The van der Waals surface area contributed by atoms with Gasteiger partial charge in [-0.05, 0) is 28.1 Å². The van der Waals surface area contributed by atoms with E-state index in [1.165, 1.54) is 0 Å². The molecule has 2 aromatic rings. The predicted octanol–water partition coefficient (Wildman–Crippen LogP) is 1.33. The maximum atomic E-state index is 5.49. The topological polar surface area (TPSA) is 69.0 Å². The molecule has 6 heteroatoms. The quantitative estimate of drug-likeness (QED) is 0.652. The molecule has 0 amide bonds. The third-order valence-corrected chi connectivity index (χ3v) is 2.76. The van der Waals surface area contributed by atoms with Crippen LogP contribution < -0.4 is 11.3 Å². The average Bonchev–Trinajstić information content (AvgIpc) is 2.79. The van der Waals surface area contributed by atoms with Crippen molar-refractivity contribution < 1.29 is 4.42 Å². The highest BCUT2D eigenvalue weighted by Crippen LogP contribution is 2.27. The van der Waals surface area contributed by atoms with E-state index in [2.05, 4.69) is 26.5 Å². The van der Waals surface area contributed by atoms with Crippen molar-refractivity contribution in [2.75, 3.05) is 0 Å². The standard InChI is InChI=1S/C9H11BrN4O/c1-14-4-2-7(13-14)8(12-11)9-6(10)3-5-15-9/h2-5,8,12H,11H2,1H3. The van der Waals surface area contributed by atoms with Crippen LogP contribution in [-0.4, -0.2) is 9.78 Å². The molecule has 0 saturated heterocycles. The third kappa shape index (κ3) is 1.97. The number of hydrazine groups is 1. The van der Waals surface area contributed by atoms with Crippen LogP contribution in [0.25, 0.3) is 0 Å². The molecule has 15 heavy (non-hydrogen) atoms. The van der Waals surface area contributed by atoms with Gasteiger partial charge in [-0.25, -0.2) is 5.43 Å². The van der Waals surface area contributed by atoms with Gasteiger partial charge in [-0.1, -0.05) is 0 Å². The van der Waals surface area contributed by atoms with Gasteiger partial charge in [0.05, 0.1) is 16.4 Å². The number of hydrogen-bond donors (Lipinski definition) is 2. The number of nitrogens with one attached hydrogen (secondary N) is 1. The summed E-state index contributed by atoms with van der Waals surface area (Å²) in [5.41, 5.74) is 3.49. The molecule has 2 rings (SSSR count). The van der Waals surface area contributed by atoms with Crippen molar-refractivity contribution in [3.05, 3.63) is 40.5 Å². The minimum atomic E-state index is -0.240. The Labute approximate surface area is 95.3 Å². The minimum absolute atomic E-state index is 0.240. The Hall–Kier alpha value is -1.11. The van der Waals surface area contributed by atoms with E-state index in [1.54, 1.807) is 10.9 Å². The zero-order valence-electron chi connectivity index (χ0n) is 8.14. The zero-order valence-corrected chi connectivity index (χ0v) is 9.73. The van der Waals surface area contributed by atoms with Crippen molar-refractivity contribution in [2.24, 2.45) is 12.9 Å². The SMILES string of the molecule is Cn1ccc(C(NN)c2occc2Br)n1. The second-order valence-electron chi connectivity index (χ2n) is 3.15. The number of nitrogens with zero attached hydrogens (tertiary/aromatic N) is 2. The Morgan fingerprint density at radius 3 is 2.87 bits per heavy atom. The van der Waals surface area contributed by atoms with Crippen LogP contribution in [0.2, 0.25) is 0 Å². The number of hydrogen-bond acceptors (Lipinski definition) is 4. The van der Waals surface area contributed by atoms with Crippen LogP contribution in [0.3, 0.4) is 0 Å². The third-order valence-electron chi connectivity index (χ3n) is 2.10. The summed E-state index contributed by atoms with van der Waals surface area (Å²) in [6.45, 7) is 0. The lowest BCUT2D eigenvalue weighted by molar-refractivity contribution is 0.442. The fourth-order valence-corrected chi connectivity index (χ4v) is 1.82. The van der Waals surface area contributed by atoms with Crippen LogP contribution in [0.4, 0.5) is 0 Å². The van der Waals surface area contributed by atoms with Gasteiger partial charge in [0.1, 0.15) is 11.8 Å². The highest BCUT2D eigenvalue weighted by Gasteiger charge is 2.20. The van der Waals surface area contributed by atoms with Crippen LogP contribution in [-0.2, 0) is 7.05 Å². The smallest absolute Gasteiger partial charge is 0.142 e. The van der Waals surface area contributed by atoms with Crippen molar-refractivity contribution in [3.63, 3.8) is 0 Å². The van der Waals surface area contributed by atoms with Crippen molar-refractivity contribution in [1.82, 2.24) is 15.2 Å². The van der Waals surface area contributed by atoms with Crippen LogP contribution in [0.5, 0.6) is 0 Å². The van der Waals surface area contributed by atoms with Gasteiger partial charge >= 0.3 is 0 Å². The first-order valence-corrected chi connectivity index (χ1v) is 5.20. The maximum Gasteiger partial charge on any atom is 0.142 e.